The number of hydrogen-bond acceptors (Lipinski definition) is 4. The van der Waals surface area contributed by atoms with Crippen LogP contribution in [-0.4, -0.2) is 29.2 Å². The summed E-state index contributed by atoms with van der Waals surface area (Å²) < 4.78 is 24.4. The van der Waals surface area contributed by atoms with Crippen LogP contribution in [-0.2, 0) is 0 Å². The van der Waals surface area contributed by atoms with E-state index in [0.29, 0.717) is 5.52 Å². The molecule has 0 fully saturated rings. The fourth-order valence-corrected chi connectivity index (χ4v) is 1.63. The van der Waals surface area contributed by atoms with Crippen LogP contribution in [0.2, 0.25) is 0 Å². The number of alkyl halides is 2. The van der Waals surface area contributed by atoms with Crippen LogP contribution in [0, 0.1) is 11.3 Å². The highest BCUT2D eigenvalue weighted by molar-refractivity contribution is 5.82. The molecule has 1 atom stereocenters. The third-order valence-electron chi connectivity index (χ3n) is 2.61. The van der Waals surface area contributed by atoms with Crippen LogP contribution in [0.1, 0.15) is 5.56 Å². The van der Waals surface area contributed by atoms with Gasteiger partial charge in [-0.15, -0.1) is 0 Å². The Labute approximate surface area is 108 Å². The minimum Gasteiger partial charge on any atom is -0.385 e. The van der Waals surface area contributed by atoms with Gasteiger partial charge in [-0.2, -0.15) is 5.26 Å². The molecule has 4 nitrogen and oxygen atoms in total. The van der Waals surface area contributed by atoms with Crippen molar-refractivity contribution in [3.8, 4) is 6.07 Å². The molecule has 1 heterocycles. The lowest BCUT2D eigenvalue weighted by Gasteiger charge is -2.12. The van der Waals surface area contributed by atoms with Gasteiger partial charge in [0.15, 0.2) is 0 Å². The topological polar surface area (TPSA) is 68.9 Å². The Morgan fingerprint density at radius 3 is 2.79 bits per heavy atom. The van der Waals surface area contributed by atoms with Gasteiger partial charge in [0.1, 0.15) is 18.0 Å². The Balaban J connectivity index is 2.29. The molecule has 0 spiro atoms. The monoisotopic (exact) mass is 263 g/mol. The lowest BCUT2D eigenvalue weighted by molar-refractivity contribution is 0.00381. The van der Waals surface area contributed by atoms with Crippen molar-refractivity contribution in [2.75, 3.05) is 11.9 Å². The standard InChI is InChI=1S/C13H11F2N3O/c14-12(15)11(19)7-17-13-9(6-16)5-8-3-1-2-4-10(8)18-13/h1-5,11-12,19H,7H2,(H,17,18). The number of rotatable bonds is 4. The molecule has 1 aromatic carbocycles. The van der Waals surface area contributed by atoms with Crippen LogP contribution < -0.4 is 5.32 Å². The lowest BCUT2D eigenvalue weighted by atomic mass is 10.1. The van der Waals surface area contributed by atoms with Crippen LogP contribution in [0.3, 0.4) is 0 Å². The average Bonchev–Trinajstić information content (AvgIpc) is 2.43. The van der Waals surface area contributed by atoms with Crippen LogP contribution in [0.25, 0.3) is 10.9 Å². The Morgan fingerprint density at radius 2 is 2.11 bits per heavy atom. The number of halogens is 2. The number of hydrogen-bond donors (Lipinski definition) is 2. The average molecular weight is 263 g/mol. The molecule has 0 saturated carbocycles. The van der Waals surface area contributed by atoms with Gasteiger partial charge < -0.3 is 10.4 Å². The molecule has 6 heteroatoms. The summed E-state index contributed by atoms with van der Waals surface area (Å²) in [5.74, 6) is 0.195. The molecule has 2 N–H and O–H groups in total. The Morgan fingerprint density at radius 1 is 1.37 bits per heavy atom. The number of aliphatic hydroxyl groups is 1. The summed E-state index contributed by atoms with van der Waals surface area (Å²) in [6.07, 6.45) is -4.63. The summed E-state index contributed by atoms with van der Waals surface area (Å²) >= 11 is 0. The van der Waals surface area contributed by atoms with Gasteiger partial charge in [-0.25, -0.2) is 13.8 Å². The first-order valence-corrected chi connectivity index (χ1v) is 5.62. The number of aromatic nitrogens is 1. The Kier molecular flexibility index (Phi) is 3.88. The normalized spacial score (nSPS) is 12.4. The van der Waals surface area contributed by atoms with Gasteiger partial charge >= 0.3 is 0 Å². The van der Waals surface area contributed by atoms with E-state index in [1.807, 2.05) is 12.1 Å². The van der Waals surface area contributed by atoms with Crippen LogP contribution in [0.5, 0.6) is 0 Å². The smallest absolute Gasteiger partial charge is 0.265 e. The number of nitriles is 1. The molecule has 1 aromatic heterocycles. The van der Waals surface area contributed by atoms with E-state index in [9.17, 15) is 8.78 Å². The van der Waals surface area contributed by atoms with Gasteiger partial charge in [0.2, 0.25) is 0 Å². The SMILES string of the molecule is N#Cc1cc2ccccc2nc1NCC(O)C(F)F. The molecule has 2 rings (SSSR count). The Hall–Kier alpha value is -2.26. The van der Waals surface area contributed by atoms with Gasteiger partial charge in [0.25, 0.3) is 6.43 Å². The summed E-state index contributed by atoms with van der Waals surface area (Å²) in [4.78, 5) is 4.19. The van der Waals surface area contributed by atoms with E-state index >= 15 is 0 Å². The van der Waals surface area contributed by atoms with Gasteiger partial charge in [0, 0.05) is 11.9 Å². The quantitative estimate of drug-likeness (QED) is 0.886. The summed E-state index contributed by atoms with van der Waals surface area (Å²) in [5, 5.41) is 21.4. The summed E-state index contributed by atoms with van der Waals surface area (Å²) in [6, 6.07) is 10.7. The van der Waals surface area contributed by atoms with Gasteiger partial charge in [-0.05, 0) is 12.1 Å². The molecular formula is C13H11F2N3O. The predicted octanol–water partition coefficient (Wildman–Crippen LogP) is 2.14. The number of benzene rings is 1. The first kappa shape index (κ1) is 13.2. The van der Waals surface area contributed by atoms with Crippen LogP contribution >= 0.6 is 0 Å². The van der Waals surface area contributed by atoms with Gasteiger partial charge in [-0.3, -0.25) is 0 Å². The van der Waals surface area contributed by atoms with Crippen molar-refractivity contribution in [1.82, 2.24) is 4.98 Å². The molecule has 2 aromatic rings. The number of para-hydroxylation sites is 1. The van der Waals surface area contributed by atoms with Gasteiger partial charge in [0.05, 0.1) is 11.1 Å². The van der Waals surface area contributed by atoms with Crippen molar-refractivity contribution in [3.63, 3.8) is 0 Å². The second-order valence-corrected chi connectivity index (χ2v) is 3.97. The van der Waals surface area contributed by atoms with E-state index in [0.717, 1.165) is 5.39 Å². The fraction of sp³-hybridized carbons (Fsp3) is 0.231. The summed E-state index contributed by atoms with van der Waals surface area (Å²) in [7, 11) is 0. The number of nitrogens with one attached hydrogen (secondary N) is 1. The maximum atomic E-state index is 12.2. The molecule has 0 aliphatic rings. The van der Waals surface area contributed by atoms with Crippen molar-refractivity contribution in [2.24, 2.45) is 0 Å². The minimum atomic E-state index is -2.83. The zero-order valence-electron chi connectivity index (χ0n) is 9.85. The second kappa shape index (κ2) is 5.59. The van der Waals surface area contributed by atoms with E-state index in [2.05, 4.69) is 10.3 Å². The minimum absolute atomic E-state index is 0.195. The number of anilines is 1. The summed E-state index contributed by atoms with van der Waals surface area (Å²) in [5.41, 5.74) is 0.899. The van der Waals surface area contributed by atoms with E-state index in [1.54, 1.807) is 24.3 Å². The zero-order valence-corrected chi connectivity index (χ0v) is 9.85. The molecule has 0 aliphatic carbocycles. The predicted molar refractivity (Wildman–Crippen MR) is 67.0 cm³/mol. The molecular weight excluding hydrogens is 252 g/mol. The molecule has 19 heavy (non-hydrogen) atoms. The van der Waals surface area contributed by atoms with E-state index in [4.69, 9.17) is 10.4 Å². The van der Waals surface area contributed by atoms with Crippen LogP contribution in [0.4, 0.5) is 14.6 Å². The lowest BCUT2D eigenvalue weighted by Crippen LogP contribution is -2.27. The summed E-state index contributed by atoms with van der Waals surface area (Å²) in [6.45, 7) is -0.363. The number of aliphatic hydroxyl groups excluding tert-OH is 1. The first-order chi connectivity index (χ1) is 9.11. The number of pyridine rings is 1. The largest absolute Gasteiger partial charge is 0.385 e. The molecule has 0 bridgehead atoms. The second-order valence-electron chi connectivity index (χ2n) is 3.97. The zero-order chi connectivity index (χ0) is 13.8. The highest BCUT2D eigenvalue weighted by Crippen LogP contribution is 2.19. The van der Waals surface area contributed by atoms with Gasteiger partial charge in [-0.1, -0.05) is 18.2 Å². The van der Waals surface area contributed by atoms with Crippen molar-refractivity contribution >= 4 is 16.7 Å². The highest BCUT2D eigenvalue weighted by Gasteiger charge is 2.17. The van der Waals surface area contributed by atoms with E-state index in [-0.39, 0.29) is 17.9 Å². The number of nitrogens with zero attached hydrogens (tertiary/aromatic N) is 2. The molecule has 0 radical (unpaired) electrons. The van der Waals surface area contributed by atoms with Crippen LogP contribution in [0.15, 0.2) is 30.3 Å². The first-order valence-electron chi connectivity index (χ1n) is 5.62. The number of fused-ring (bicyclic) bond motifs is 1. The van der Waals surface area contributed by atoms with Crippen molar-refractivity contribution in [2.45, 2.75) is 12.5 Å². The molecule has 0 amide bonds. The van der Waals surface area contributed by atoms with Crippen molar-refractivity contribution in [1.29, 1.82) is 5.26 Å². The molecule has 0 aliphatic heterocycles. The molecule has 98 valence electrons. The van der Waals surface area contributed by atoms with Crippen molar-refractivity contribution in [3.05, 3.63) is 35.9 Å². The molecule has 1 unspecified atom stereocenters. The Bertz CT molecular complexity index is 625. The van der Waals surface area contributed by atoms with E-state index < -0.39 is 12.5 Å². The maximum Gasteiger partial charge on any atom is 0.265 e. The third kappa shape index (κ3) is 2.95. The van der Waals surface area contributed by atoms with Crippen molar-refractivity contribution < 1.29 is 13.9 Å². The van der Waals surface area contributed by atoms with E-state index in [1.165, 1.54) is 0 Å². The third-order valence-corrected chi connectivity index (χ3v) is 2.61. The molecule has 0 saturated heterocycles. The highest BCUT2D eigenvalue weighted by atomic mass is 19.3. The fourth-order valence-electron chi connectivity index (χ4n) is 1.63. The maximum absolute atomic E-state index is 12.2.